The first kappa shape index (κ1) is 17.1. The molecule has 0 unspecified atom stereocenters. The zero-order valence-electron chi connectivity index (χ0n) is 14.2. The van der Waals surface area contributed by atoms with Gasteiger partial charge in [0.05, 0.1) is 28.5 Å². The summed E-state index contributed by atoms with van der Waals surface area (Å²) in [5.74, 6) is 1.76. The Morgan fingerprint density at radius 2 is 1.46 bits per heavy atom. The van der Waals surface area contributed by atoms with Gasteiger partial charge in [-0.05, 0) is 55.7 Å². The quantitative estimate of drug-likeness (QED) is 0.509. The maximum Gasteiger partial charge on any atom is 0.233 e. The van der Waals surface area contributed by atoms with Gasteiger partial charge < -0.3 is 21.2 Å². The topological polar surface area (TPSA) is 30.2 Å². The van der Waals surface area contributed by atoms with E-state index in [2.05, 4.69) is 28.3 Å². The molecule has 0 aliphatic heterocycles. The van der Waals surface area contributed by atoms with Crippen molar-refractivity contribution in [3.05, 3.63) is 71.1 Å². The molecule has 1 aromatic carbocycles. The molecule has 0 spiro atoms. The number of aromatic nitrogens is 1. The third-order valence-electron chi connectivity index (χ3n) is 4.83. The molecule has 0 N–H and O–H groups in total. The fourth-order valence-corrected chi connectivity index (χ4v) is 4.74. The van der Waals surface area contributed by atoms with Gasteiger partial charge in [0.25, 0.3) is 0 Å². The predicted molar refractivity (Wildman–Crippen MR) is 97.9 cm³/mol. The number of aryl methyl sites for hydroxylation is 1. The Morgan fingerprint density at radius 1 is 0.808 bits per heavy atom. The minimum Gasteiger partial charge on any atom is -1.00 e. The highest BCUT2D eigenvalue weighted by atomic mass is 35.5. The molecule has 0 radical (unpaired) electrons. The van der Waals surface area contributed by atoms with E-state index in [-0.39, 0.29) is 12.4 Å². The highest BCUT2D eigenvalue weighted by Crippen LogP contribution is 2.35. The van der Waals surface area contributed by atoms with Crippen molar-refractivity contribution in [3.8, 4) is 28.3 Å². The van der Waals surface area contributed by atoms with Crippen LogP contribution in [0.4, 0.5) is 0 Å². The van der Waals surface area contributed by atoms with Gasteiger partial charge in [0.1, 0.15) is 11.5 Å². The van der Waals surface area contributed by atoms with Gasteiger partial charge in [-0.25, -0.2) is 0 Å². The molecular weight excluding hydrogens is 366 g/mol. The summed E-state index contributed by atoms with van der Waals surface area (Å²) in [5.41, 5.74) is 7.00. The van der Waals surface area contributed by atoms with Crippen LogP contribution >= 0.6 is 11.3 Å². The lowest BCUT2D eigenvalue weighted by Crippen LogP contribution is -3.00. The number of hydrogen-bond donors (Lipinski definition) is 0. The van der Waals surface area contributed by atoms with E-state index in [0.717, 1.165) is 34.8 Å². The Bertz CT molecular complexity index is 951. The van der Waals surface area contributed by atoms with Gasteiger partial charge in [-0.3, -0.25) is 0 Å². The minimum atomic E-state index is 0. The first-order chi connectivity index (χ1) is 12.4. The zero-order chi connectivity index (χ0) is 16.6. The molecule has 0 bridgehead atoms. The molecule has 0 saturated carbocycles. The van der Waals surface area contributed by atoms with E-state index in [4.69, 9.17) is 8.83 Å². The van der Waals surface area contributed by atoms with Crippen molar-refractivity contribution in [1.82, 2.24) is 0 Å². The number of rotatable bonds is 3. The van der Waals surface area contributed by atoms with E-state index >= 15 is 0 Å². The number of halogens is 1. The molecule has 5 rings (SSSR count). The third kappa shape index (κ3) is 2.79. The molecule has 0 fully saturated rings. The fraction of sp³-hybridized carbons (Fsp3) is 0.190. The summed E-state index contributed by atoms with van der Waals surface area (Å²) in [7, 11) is 0. The summed E-state index contributed by atoms with van der Waals surface area (Å²) < 4.78 is 13.8. The van der Waals surface area contributed by atoms with Crippen LogP contribution in [-0.4, -0.2) is 0 Å². The first-order valence-electron chi connectivity index (χ1n) is 8.64. The van der Waals surface area contributed by atoms with E-state index in [1.165, 1.54) is 29.8 Å². The molecule has 1 aliphatic carbocycles. The predicted octanol–water partition coefficient (Wildman–Crippen LogP) is 2.43. The van der Waals surface area contributed by atoms with Crippen molar-refractivity contribution in [2.45, 2.75) is 25.7 Å². The minimum absolute atomic E-state index is 0. The summed E-state index contributed by atoms with van der Waals surface area (Å²) in [4.78, 5) is 1.51. The van der Waals surface area contributed by atoms with Gasteiger partial charge in [0.2, 0.25) is 16.9 Å². The lowest BCUT2D eigenvalue weighted by atomic mass is 9.99. The van der Waals surface area contributed by atoms with Crippen molar-refractivity contribution in [2.24, 2.45) is 0 Å². The largest absolute Gasteiger partial charge is 1.00 e. The second-order valence-corrected chi connectivity index (χ2v) is 7.27. The van der Waals surface area contributed by atoms with Gasteiger partial charge >= 0.3 is 0 Å². The smallest absolute Gasteiger partial charge is 0.233 e. The number of para-hydroxylation sites is 1. The average Bonchev–Trinajstić information content (AvgIpc) is 3.42. The molecule has 3 heterocycles. The van der Waals surface area contributed by atoms with Gasteiger partial charge in [-0.15, -0.1) is 0 Å². The Morgan fingerprint density at radius 3 is 2.08 bits per heavy atom. The van der Waals surface area contributed by atoms with Crippen LogP contribution in [0.3, 0.4) is 0 Å². The van der Waals surface area contributed by atoms with Crippen LogP contribution in [0.25, 0.3) is 28.3 Å². The molecule has 5 heteroatoms. The Labute approximate surface area is 162 Å². The summed E-state index contributed by atoms with van der Waals surface area (Å²) in [6, 6.07) is 14.2. The van der Waals surface area contributed by atoms with Gasteiger partial charge in [-0.2, -0.15) is 4.57 Å². The van der Waals surface area contributed by atoms with E-state index in [1.807, 2.05) is 35.6 Å². The molecule has 26 heavy (non-hydrogen) atoms. The van der Waals surface area contributed by atoms with E-state index in [0.29, 0.717) is 0 Å². The molecule has 0 amide bonds. The summed E-state index contributed by atoms with van der Waals surface area (Å²) in [6.45, 7) is 0. The van der Waals surface area contributed by atoms with Gasteiger partial charge in [-0.1, -0.05) is 17.4 Å². The highest BCUT2D eigenvalue weighted by Gasteiger charge is 2.30. The van der Waals surface area contributed by atoms with Gasteiger partial charge in [0.15, 0.2) is 0 Å². The third-order valence-corrected chi connectivity index (χ3v) is 5.87. The monoisotopic (exact) mass is 383 g/mol. The summed E-state index contributed by atoms with van der Waals surface area (Å²) in [5, 5.41) is 0. The Kier molecular flexibility index (Phi) is 4.70. The summed E-state index contributed by atoms with van der Waals surface area (Å²) in [6.07, 6.45) is 8.31. The number of thiazole rings is 1. The SMILES string of the molecule is [Cl-].c1coc(-c2cccc(-c3ccco3)c2-[n+]2csc3c2CCCC3)c1. The summed E-state index contributed by atoms with van der Waals surface area (Å²) >= 11 is 1.86. The molecule has 1 aliphatic rings. The lowest BCUT2D eigenvalue weighted by molar-refractivity contribution is -0.598. The van der Waals surface area contributed by atoms with E-state index < -0.39 is 0 Å². The number of hydrogen-bond acceptors (Lipinski definition) is 3. The molecule has 3 nitrogen and oxygen atoms in total. The lowest BCUT2D eigenvalue weighted by Gasteiger charge is -2.11. The van der Waals surface area contributed by atoms with Crippen LogP contribution in [0.1, 0.15) is 23.4 Å². The van der Waals surface area contributed by atoms with Crippen LogP contribution in [0.5, 0.6) is 0 Å². The molecule has 0 saturated heterocycles. The zero-order valence-corrected chi connectivity index (χ0v) is 15.7. The van der Waals surface area contributed by atoms with Crippen molar-refractivity contribution >= 4 is 11.3 Å². The average molecular weight is 384 g/mol. The molecule has 132 valence electrons. The Hall–Kier alpha value is -2.30. The van der Waals surface area contributed by atoms with Crippen LogP contribution in [0, 0.1) is 0 Å². The first-order valence-corrected chi connectivity index (χ1v) is 9.52. The van der Waals surface area contributed by atoms with Crippen molar-refractivity contribution in [1.29, 1.82) is 0 Å². The molecule has 4 aromatic rings. The van der Waals surface area contributed by atoms with Crippen molar-refractivity contribution in [2.75, 3.05) is 0 Å². The Balaban J connectivity index is 0.00000168. The maximum atomic E-state index is 5.73. The van der Waals surface area contributed by atoms with Gasteiger partial charge in [0, 0.05) is 6.42 Å². The van der Waals surface area contributed by atoms with Crippen molar-refractivity contribution < 1.29 is 25.8 Å². The van der Waals surface area contributed by atoms with Crippen molar-refractivity contribution in [3.63, 3.8) is 0 Å². The van der Waals surface area contributed by atoms with Crippen LogP contribution in [0.2, 0.25) is 0 Å². The maximum absolute atomic E-state index is 5.73. The molecule has 0 atom stereocenters. The normalized spacial score (nSPS) is 13.2. The van der Waals surface area contributed by atoms with Crippen LogP contribution < -0.4 is 17.0 Å². The highest BCUT2D eigenvalue weighted by molar-refractivity contribution is 7.09. The van der Waals surface area contributed by atoms with Crippen LogP contribution in [-0.2, 0) is 12.8 Å². The number of benzene rings is 1. The van der Waals surface area contributed by atoms with E-state index in [9.17, 15) is 0 Å². The standard InChI is InChI=1S/C21H18NO2S.ClH/c1-2-11-20-17(8-1)22(14-25-20)21-15(18-9-4-12-23-18)6-3-7-16(21)19-10-5-13-24-19;/h3-7,9-10,12-14H,1-2,8,11H2;1H/q+1;/p-1. The number of fused-ring (bicyclic) bond motifs is 1. The van der Waals surface area contributed by atoms with Crippen LogP contribution in [0.15, 0.2) is 69.3 Å². The fourth-order valence-electron chi connectivity index (χ4n) is 3.68. The second-order valence-electron chi connectivity index (χ2n) is 6.33. The number of nitrogens with zero attached hydrogens (tertiary/aromatic N) is 1. The molecular formula is C21H18ClNO2S. The second kappa shape index (κ2) is 7.14. The number of furan rings is 2. The molecule has 3 aromatic heterocycles. The van der Waals surface area contributed by atoms with E-state index in [1.54, 1.807) is 12.5 Å².